The Kier molecular flexibility index (Phi) is 5.90. The Morgan fingerprint density at radius 2 is 1.12 bits per heavy atom. The van der Waals surface area contributed by atoms with Crippen molar-refractivity contribution in [3.05, 3.63) is 60.2 Å². The van der Waals surface area contributed by atoms with E-state index in [0.717, 1.165) is 30.3 Å². The number of hydrogen-bond donors (Lipinski definition) is 1. The number of fused-ring (bicyclic) bond motifs is 1. The molecule has 2 aromatic rings. The molecular formula is C19H12F12O2Si. The fourth-order valence-corrected chi connectivity index (χ4v) is 8.75. The minimum atomic E-state index is -6.51. The second kappa shape index (κ2) is 7.62. The normalized spacial score (nSPS) is 21.4. The second-order valence-corrected chi connectivity index (χ2v) is 10.9. The molecule has 0 saturated heterocycles. The van der Waals surface area contributed by atoms with E-state index in [1.807, 2.05) is 0 Å². The van der Waals surface area contributed by atoms with E-state index in [2.05, 4.69) is 4.43 Å². The fraction of sp³-hybridized carbons (Fsp3) is 0.368. The molecule has 1 heterocycles. The maximum Gasteiger partial charge on any atom is 0.429 e. The Balaban J connectivity index is 2.47. The molecule has 34 heavy (non-hydrogen) atoms. The van der Waals surface area contributed by atoms with Crippen LogP contribution in [0.5, 0.6) is 0 Å². The minimum Gasteiger partial charge on any atom is -0.384 e. The fourth-order valence-electron chi connectivity index (χ4n) is 3.97. The predicted octanol–water partition coefficient (Wildman–Crippen LogP) is 4.95. The van der Waals surface area contributed by atoms with Crippen LogP contribution in [-0.4, -0.2) is 43.7 Å². The van der Waals surface area contributed by atoms with Crippen LogP contribution in [0.4, 0.5) is 52.7 Å². The van der Waals surface area contributed by atoms with E-state index in [9.17, 15) is 57.8 Å². The molecule has 3 rings (SSSR count). The molecule has 0 radical (unpaired) electrons. The molecule has 0 aromatic heterocycles. The number of alkyl halides is 12. The van der Waals surface area contributed by atoms with Crippen molar-refractivity contribution >= 4 is 18.7 Å². The number of aliphatic hydroxyl groups is 1. The number of benzene rings is 2. The molecule has 1 aliphatic heterocycles. The third-order valence-electron chi connectivity index (χ3n) is 5.55. The van der Waals surface area contributed by atoms with E-state index >= 15 is 0 Å². The van der Waals surface area contributed by atoms with Crippen molar-refractivity contribution in [1.82, 2.24) is 0 Å². The van der Waals surface area contributed by atoms with Crippen molar-refractivity contribution < 1.29 is 62.2 Å². The largest absolute Gasteiger partial charge is 0.429 e. The molecule has 0 amide bonds. The molecule has 0 bridgehead atoms. The lowest BCUT2D eigenvalue weighted by molar-refractivity contribution is -0.370. The lowest BCUT2D eigenvalue weighted by Crippen LogP contribution is -2.69. The summed E-state index contributed by atoms with van der Waals surface area (Å²) in [4.78, 5) is 0. The van der Waals surface area contributed by atoms with Gasteiger partial charge in [-0.05, 0) is 10.4 Å². The van der Waals surface area contributed by atoms with Crippen LogP contribution < -0.4 is 10.4 Å². The Bertz CT molecular complexity index is 1010. The van der Waals surface area contributed by atoms with Gasteiger partial charge in [0, 0.05) is 11.6 Å². The first-order valence-corrected chi connectivity index (χ1v) is 11.2. The summed E-state index contributed by atoms with van der Waals surface area (Å²) in [5.74, 6) is 0. The van der Waals surface area contributed by atoms with E-state index < -0.39 is 66.2 Å². The monoisotopic (exact) mass is 528 g/mol. The van der Waals surface area contributed by atoms with Crippen molar-refractivity contribution in [2.75, 3.05) is 0 Å². The van der Waals surface area contributed by atoms with Gasteiger partial charge in [0.2, 0.25) is 0 Å². The van der Waals surface area contributed by atoms with Crippen LogP contribution >= 0.6 is 0 Å². The molecule has 15 heteroatoms. The molecule has 1 atom stereocenters. The van der Waals surface area contributed by atoms with Gasteiger partial charge < -0.3 is 9.53 Å². The van der Waals surface area contributed by atoms with Gasteiger partial charge in [-0.15, -0.1) is 0 Å². The molecular weight excluding hydrogens is 516 g/mol. The zero-order valence-electron chi connectivity index (χ0n) is 16.3. The van der Waals surface area contributed by atoms with Crippen LogP contribution in [0.25, 0.3) is 0 Å². The Morgan fingerprint density at radius 3 is 1.56 bits per heavy atom. The summed E-state index contributed by atoms with van der Waals surface area (Å²) < 4.78 is 170. The molecule has 0 saturated carbocycles. The summed E-state index contributed by atoms with van der Waals surface area (Å²) in [5, 5.41) is 7.93. The van der Waals surface area contributed by atoms with Gasteiger partial charge in [-0.3, -0.25) is 0 Å². The first-order valence-electron chi connectivity index (χ1n) is 9.09. The number of rotatable bonds is 3. The highest BCUT2D eigenvalue weighted by Gasteiger charge is 2.82. The summed E-state index contributed by atoms with van der Waals surface area (Å²) in [6.45, 7) is 0. The quantitative estimate of drug-likeness (QED) is 0.452. The Hall–Kier alpha value is -2.26. The molecule has 188 valence electrons. The van der Waals surface area contributed by atoms with E-state index in [0.29, 0.717) is 12.1 Å². The summed E-state index contributed by atoms with van der Waals surface area (Å²) in [7, 11) is -5.77. The van der Waals surface area contributed by atoms with Crippen molar-refractivity contribution in [3.8, 4) is 0 Å². The average molecular weight is 528 g/mol. The summed E-state index contributed by atoms with van der Waals surface area (Å²) in [5.41, 5.74) is -12.6. The topological polar surface area (TPSA) is 29.5 Å². The van der Waals surface area contributed by atoms with Crippen LogP contribution in [-0.2, 0) is 10.0 Å². The van der Waals surface area contributed by atoms with E-state index in [-0.39, 0.29) is 6.07 Å². The van der Waals surface area contributed by atoms with Gasteiger partial charge in [0.05, 0.1) is 0 Å². The van der Waals surface area contributed by atoms with Gasteiger partial charge >= 0.3 is 24.7 Å². The lowest BCUT2D eigenvalue weighted by Gasteiger charge is -2.41. The van der Waals surface area contributed by atoms with Crippen molar-refractivity contribution in [2.45, 2.75) is 42.0 Å². The molecule has 0 aliphatic carbocycles. The van der Waals surface area contributed by atoms with E-state index in [4.69, 9.17) is 0 Å². The SMILES string of the molecule is OC(C[Si@]1(c2ccccc2)OC(C(F)(F)F)(C(F)(F)F)c2ccccc21)(C(F)(F)F)C(F)(F)F. The molecule has 0 fully saturated rings. The van der Waals surface area contributed by atoms with Gasteiger partial charge in [-0.1, -0.05) is 54.6 Å². The summed E-state index contributed by atoms with van der Waals surface area (Å²) in [6, 6.07) is 4.48. The standard InChI is InChI=1S/C19H12F12O2Si/c20-16(21,22)14(32,17(23,24)25)10-34(11-6-2-1-3-7-11)13-9-5-4-8-12(13)15(33-34,18(26,27)28)19(29,30)31/h1-9,32H,10H2/t34-/m1/s1. The summed E-state index contributed by atoms with van der Waals surface area (Å²) in [6.07, 6.45) is -25.7. The van der Waals surface area contributed by atoms with Crippen LogP contribution in [0, 0.1) is 0 Å². The zero-order valence-corrected chi connectivity index (χ0v) is 17.3. The molecule has 0 spiro atoms. The van der Waals surface area contributed by atoms with Gasteiger partial charge in [0.15, 0.2) is 0 Å². The molecule has 1 N–H and O–H groups in total. The van der Waals surface area contributed by atoms with Gasteiger partial charge in [-0.2, -0.15) is 52.7 Å². The van der Waals surface area contributed by atoms with Crippen LogP contribution in [0.1, 0.15) is 5.56 Å². The van der Waals surface area contributed by atoms with Gasteiger partial charge in [-0.25, -0.2) is 0 Å². The van der Waals surface area contributed by atoms with Crippen molar-refractivity contribution in [3.63, 3.8) is 0 Å². The van der Waals surface area contributed by atoms with Crippen LogP contribution in [0.15, 0.2) is 54.6 Å². The first-order chi connectivity index (χ1) is 15.2. The van der Waals surface area contributed by atoms with E-state index in [1.54, 1.807) is 0 Å². The smallest absolute Gasteiger partial charge is 0.384 e. The zero-order chi connectivity index (χ0) is 26.0. The van der Waals surface area contributed by atoms with Crippen molar-refractivity contribution in [2.24, 2.45) is 0 Å². The maximum absolute atomic E-state index is 14.0. The predicted molar refractivity (Wildman–Crippen MR) is 94.6 cm³/mol. The van der Waals surface area contributed by atoms with Gasteiger partial charge in [0.25, 0.3) is 19.5 Å². The third kappa shape index (κ3) is 3.59. The molecule has 0 unspecified atom stereocenters. The number of hydrogen-bond acceptors (Lipinski definition) is 2. The highest BCUT2D eigenvalue weighted by molar-refractivity contribution is 6.98. The van der Waals surface area contributed by atoms with Gasteiger partial charge in [0.1, 0.15) is 0 Å². The van der Waals surface area contributed by atoms with E-state index in [1.165, 1.54) is 6.07 Å². The average Bonchev–Trinajstić information content (AvgIpc) is 3.00. The highest BCUT2D eigenvalue weighted by Crippen LogP contribution is 2.59. The molecule has 2 aromatic carbocycles. The highest BCUT2D eigenvalue weighted by atomic mass is 28.4. The second-order valence-electron chi connectivity index (χ2n) is 7.55. The maximum atomic E-state index is 14.0. The Labute approximate surface area is 183 Å². The molecule has 2 nitrogen and oxygen atoms in total. The van der Waals surface area contributed by atoms with Crippen LogP contribution in [0.2, 0.25) is 6.04 Å². The lowest BCUT2D eigenvalue weighted by atomic mass is 9.92. The third-order valence-corrected chi connectivity index (χ3v) is 9.79. The Morgan fingerprint density at radius 1 is 0.676 bits per heavy atom. The first kappa shape index (κ1) is 26.3. The minimum absolute atomic E-state index is 0.286. The van der Waals surface area contributed by atoms with Crippen molar-refractivity contribution in [1.29, 1.82) is 0 Å². The van der Waals surface area contributed by atoms with Crippen LogP contribution in [0.3, 0.4) is 0 Å². The summed E-state index contributed by atoms with van der Waals surface area (Å²) >= 11 is 0. The number of halogens is 12. The molecule has 1 aliphatic rings.